The molecular formula is C36H62N12O22. The van der Waals surface area contributed by atoms with Gasteiger partial charge in [0.2, 0.25) is 23.3 Å². The first-order valence-corrected chi connectivity index (χ1v) is 20.8. The van der Waals surface area contributed by atoms with Crippen LogP contribution < -0.4 is 17.2 Å². The van der Waals surface area contributed by atoms with Gasteiger partial charge in [0.25, 0.3) is 5.66 Å². The summed E-state index contributed by atoms with van der Waals surface area (Å²) in [5.74, 6) is -14.8. The van der Waals surface area contributed by atoms with E-state index in [-0.39, 0.29) is 14.7 Å². The lowest BCUT2D eigenvalue weighted by molar-refractivity contribution is -0.216. The largest absolute Gasteiger partial charge is 0.480 e. The summed E-state index contributed by atoms with van der Waals surface area (Å²) in [6.45, 7) is -8.50. The molecule has 3 amide bonds. The van der Waals surface area contributed by atoms with Gasteiger partial charge in [-0.1, -0.05) is 0 Å². The van der Waals surface area contributed by atoms with Crippen molar-refractivity contribution in [1.82, 2.24) is 29.4 Å². The zero-order valence-electron chi connectivity index (χ0n) is 37.7. The van der Waals surface area contributed by atoms with Crippen LogP contribution in [0.15, 0.2) is 15.0 Å². The predicted octanol–water partition coefficient (Wildman–Crippen LogP) is -14.4. The second kappa shape index (κ2) is 23.3. The van der Waals surface area contributed by atoms with Crippen LogP contribution in [0.3, 0.4) is 0 Å². The van der Waals surface area contributed by atoms with Gasteiger partial charge in [0, 0.05) is 40.8 Å². The van der Waals surface area contributed by atoms with Gasteiger partial charge >= 0.3 is 17.9 Å². The molecule has 3 aliphatic rings. The minimum absolute atomic E-state index is 0.0890. The quantitative estimate of drug-likeness (QED) is 0.0365. The van der Waals surface area contributed by atoms with Crippen LogP contribution in [-0.4, -0.2) is 335 Å². The lowest BCUT2D eigenvalue weighted by Gasteiger charge is -2.54. The Kier molecular flexibility index (Phi) is 19.5. The molecule has 3 saturated heterocycles. The molecule has 34 heteroatoms. The number of aliphatic carboxylic acids is 3. The fourth-order valence-corrected chi connectivity index (χ4v) is 8.51. The first-order valence-electron chi connectivity index (χ1n) is 20.8. The van der Waals surface area contributed by atoms with Crippen molar-refractivity contribution in [3.63, 3.8) is 0 Å². The van der Waals surface area contributed by atoms with E-state index in [1.165, 1.54) is 0 Å². The monoisotopic (exact) mass is 1010 g/mol. The average Bonchev–Trinajstić information content (AvgIpc) is 3.30. The van der Waals surface area contributed by atoms with Gasteiger partial charge in [-0.25, -0.2) is 29.4 Å². The van der Waals surface area contributed by atoms with E-state index in [0.29, 0.717) is 35.8 Å². The number of rotatable bonds is 17. The van der Waals surface area contributed by atoms with Crippen LogP contribution in [0.5, 0.6) is 0 Å². The Labute approximate surface area is 395 Å². The van der Waals surface area contributed by atoms with Gasteiger partial charge in [-0.15, -0.1) is 0 Å². The number of carbonyl (C=O) groups excluding carboxylic acids is 3. The van der Waals surface area contributed by atoms with Crippen LogP contribution in [0, 0.1) is 0 Å². The molecule has 14 atom stereocenters. The third-order valence-electron chi connectivity index (χ3n) is 12.6. The number of β-amino-alcohol motifs (C(OH)–C–C–N with tert-alkyl or cyclic N) is 3. The normalized spacial score (nSPS) is 31.2. The van der Waals surface area contributed by atoms with Crippen molar-refractivity contribution in [3.8, 4) is 0 Å². The Morgan fingerprint density at radius 3 is 1.06 bits per heavy atom. The number of aliphatic imine (C=N–C) groups is 3. The minimum Gasteiger partial charge on any atom is -0.480 e. The third kappa shape index (κ3) is 10.9. The predicted molar refractivity (Wildman–Crippen MR) is 229 cm³/mol. The van der Waals surface area contributed by atoms with Gasteiger partial charge in [-0.05, 0) is 0 Å². The number of likely N-dealkylation sites (N-methyl/N-ethyl adjacent to an activating group) is 3. The second-order valence-corrected chi connectivity index (χ2v) is 16.6. The molecule has 3 rings (SSSR count). The summed E-state index contributed by atoms with van der Waals surface area (Å²) in [6, 6.07) is -7.83. The second-order valence-electron chi connectivity index (χ2n) is 16.6. The van der Waals surface area contributed by atoms with Gasteiger partial charge < -0.3 is 128 Å². The molecular weight excluding hydrogens is 952 g/mol. The molecule has 3 aliphatic heterocycles. The SMILES string of the molecule is CN(C(N)=NCC(=O)N1C[C@@H](O)[C@@H](O)[C@H](O)[C@H]1CO)C(C(=O)O)C(O)(C(=O)O)C(C(=O)O)(N(C)C(N)=NCC(=O)N1C[C@@H](O)[C@@H](O)[C@H](O)[C@H]1CO)N(C)C(N)=NCC(=O)N1C[C@@H](O)[C@@H](O)[C@H](O)[C@H]1CO. The van der Waals surface area contributed by atoms with E-state index >= 15 is 0 Å². The first-order chi connectivity index (χ1) is 32.5. The number of carboxylic acid groups (broad SMARTS) is 3. The summed E-state index contributed by atoms with van der Waals surface area (Å²) < 4.78 is 0. The summed E-state index contributed by atoms with van der Waals surface area (Å²) in [6.07, 6.45) is -16.4. The van der Waals surface area contributed by atoms with Crippen LogP contribution in [0.25, 0.3) is 0 Å². The molecule has 0 aromatic carbocycles. The average molecular weight is 1010 g/mol. The summed E-state index contributed by atoms with van der Waals surface area (Å²) in [5.41, 5.74) is 9.85. The van der Waals surface area contributed by atoms with Crippen LogP contribution in [0.1, 0.15) is 0 Å². The number of carboxylic acids is 3. The number of aliphatic hydroxyl groups is 13. The molecule has 2 unspecified atom stereocenters. The van der Waals surface area contributed by atoms with Crippen molar-refractivity contribution < 1.29 is 110 Å². The molecule has 3 heterocycles. The van der Waals surface area contributed by atoms with E-state index in [9.17, 15) is 110 Å². The van der Waals surface area contributed by atoms with E-state index in [1.54, 1.807) is 0 Å². The lowest BCUT2D eigenvalue weighted by Crippen LogP contribution is -2.85. The Morgan fingerprint density at radius 2 is 0.814 bits per heavy atom. The molecule has 34 nitrogen and oxygen atoms in total. The fraction of sp³-hybridized carbons (Fsp3) is 0.750. The highest BCUT2D eigenvalue weighted by Crippen LogP contribution is 2.38. The third-order valence-corrected chi connectivity index (χ3v) is 12.6. The molecule has 0 aromatic rings. The van der Waals surface area contributed by atoms with E-state index in [1.807, 2.05) is 0 Å². The maximum Gasteiger partial charge on any atom is 0.354 e. The van der Waals surface area contributed by atoms with Gasteiger partial charge in [0.05, 0.1) is 37.9 Å². The number of guanidine groups is 3. The smallest absolute Gasteiger partial charge is 0.354 e. The number of nitrogens with two attached hydrogens (primary N) is 3. The van der Waals surface area contributed by atoms with E-state index in [4.69, 9.17) is 17.2 Å². The zero-order chi connectivity index (χ0) is 53.7. The Bertz CT molecular complexity index is 1950. The lowest BCUT2D eigenvalue weighted by atomic mass is 9.77. The van der Waals surface area contributed by atoms with Crippen molar-refractivity contribution in [2.24, 2.45) is 32.2 Å². The van der Waals surface area contributed by atoms with E-state index in [2.05, 4.69) is 15.0 Å². The fourth-order valence-electron chi connectivity index (χ4n) is 8.51. The van der Waals surface area contributed by atoms with Crippen molar-refractivity contribution in [2.75, 3.05) is 80.2 Å². The number of hydrogen-bond acceptors (Lipinski definition) is 22. The highest BCUT2D eigenvalue weighted by atomic mass is 16.4. The highest BCUT2D eigenvalue weighted by molar-refractivity contribution is 6.03. The van der Waals surface area contributed by atoms with Crippen LogP contribution in [-0.2, 0) is 28.8 Å². The van der Waals surface area contributed by atoms with Crippen molar-refractivity contribution in [2.45, 2.75) is 90.4 Å². The Balaban J connectivity index is 2.25. The molecule has 70 heavy (non-hydrogen) atoms. The molecule has 0 aromatic heterocycles. The van der Waals surface area contributed by atoms with Gasteiger partial charge in [0.15, 0.2) is 23.9 Å². The van der Waals surface area contributed by atoms with Crippen molar-refractivity contribution in [3.05, 3.63) is 0 Å². The molecule has 398 valence electrons. The molecule has 0 spiro atoms. The molecule has 0 radical (unpaired) electrons. The highest BCUT2D eigenvalue weighted by Gasteiger charge is 2.74. The minimum atomic E-state index is -4.47. The topological polar surface area (TPSA) is 561 Å². The summed E-state index contributed by atoms with van der Waals surface area (Å²) in [5, 5.41) is 167. The van der Waals surface area contributed by atoms with Crippen molar-refractivity contribution in [1.29, 1.82) is 0 Å². The standard InChI is InChI=1S/C36H62N12O22/c1-43(32(37)40-4-19(55)46-7-16(52)25(61)22(58)13(46)10-49)28(29(64)65)35(70,30(66)67)36(31(68)69,44(2)33(38)41-5-20(56)47-8-17(53)26(62)23(59)14(47)11-50)45(3)34(39)42-6-21(57)48-9-18(54)27(63)24(60)15(48)12-51/h13-18,22-28,49-54,58-63,70H,4-12H2,1-3H3,(H2,37,40)(H2,38,41)(H2,39,42)(H,64,65)(H,66,67)(H,68,69)/t13-,14-,15-,16-,17-,18-,22-,23-,24-,25-,26-,27-,28?,35?/m1/s1. The summed E-state index contributed by atoms with van der Waals surface area (Å²) in [4.78, 5) is 94.5. The molecule has 3 fully saturated rings. The van der Waals surface area contributed by atoms with Gasteiger partial charge in [0.1, 0.15) is 74.6 Å². The number of hydrogen-bond donors (Lipinski definition) is 19. The van der Waals surface area contributed by atoms with Gasteiger partial charge in [-0.3, -0.25) is 14.4 Å². The maximum absolute atomic E-state index is 14.0. The number of carbonyl (C=O) groups is 6. The van der Waals surface area contributed by atoms with Crippen LogP contribution in [0.4, 0.5) is 0 Å². The number of aliphatic hydroxyl groups excluding tert-OH is 12. The van der Waals surface area contributed by atoms with Crippen LogP contribution in [0.2, 0.25) is 0 Å². The molecule has 0 bridgehead atoms. The first kappa shape index (κ1) is 58.4. The maximum atomic E-state index is 14.0. The zero-order valence-corrected chi connectivity index (χ0v) is 37.7. The Morgan fingerprint density at radius 1 is 0.529 bits per heavy atom. The summed E-state index contributed by atoms with van der Waals surface area (Å²) in [7, 11) is 1.85. The number of piperidine rings is 3. The number of likely N-dealkylation sites (tertiary alicyclic amines) is 3. The summed E-state index contributed by atoms with van der Waals surface area (Å²) >= 11 is 0. The number of amides is 3. The Hall–Kier alpha value is -5.89. The van der Waals surface area contributed by atoms with Gasteiger partial charge in [-0.2, -0.15) is 0 Å². The van der Waals surface area contributed by atoms with E-state index < -0.39 is 203 Å². The van der Waals surface area contributed by atoms with E-state index in [0.717, 1.165) is 0 Å². The number of nitrogens with zero attached hydrogens (tertiary/aromatic N) is 9. The molecule has 22 N–H and O–H groups in total. The molecule has 0 saturated carbocycles. The van der Waals surface area contributed by atoms with Crippen molar-refractivity contribution >= 4 is 53.5 Å². The van der Waals surface area contributed by atoms with Crippen LogP contribution >= 0.6 is 0 Å². The molecule has 0 aliphatic carbocycles.